The van der Waals surface area contributed by atoms with E-state index in [4.69, 9.17) is 9.84 Å². The number of rotatable bonds is 6. The molecule has 104 valence electrons. The number of benzene rings is 1. The molecule has 0 spiro atoms. The summed E-state index contributed by atoms with van der Waals surface area (Å²) >= 11 is 0. The highest BCUT2D eigenvalue weighted by Gasteiger charge is 2.15. The van der Waals surface area contributed by atoms with Crippen LogP contribution >= 0.6 is 0 Å². The molecule has 19 heavy (non-hydrogen) atoms. The van der Waals surface area contributed by atoms with Gasteiger partial charge < -0.3 is 15.2 Å². The van der Waals surface area contributed by atoms with Crippen molar-refractivity contribution in [2.24, 2.45) is 0 Å². The summed E-state index contributed by atoms with van der Waals surface area (Å²) in [5.74, 6) is -0.586. The minimum atomic E-state index is -1.07. The topological polar surface area (TPSA) is 75.6 Å². The van der Waals surface area contributed by atoms with Crippen molar-refractivity contribution >= 4 is 11.9 Å². The van der Waals surface area contributed by atoms with Crippen molar-refractivity contribution in [3.8, 4) is 5.75 Å². The first-order chi connectivity index (χ1) is 8.91. The fraction of sp³-hybridized carbons (Fsp3) is 0.429. The maximum Gasteiger partial charge on any atom is 0.325 e. The Balaban J connectivity index is 2.58. The minimum Gasteiger partial charge on any atom is -0.483 e. The Hall–Kier alpha value is -2.04. The van der Waals surface area contributed by atoms with E-state index >= 15 is 0 Å². The molecule has 0 radical (unpaired) electrons. The molecule has 1 aromatic carbocycles. The summed E-state index contributed by atoms with van der Waals surface area (Å²) < 4.78 is 5.44. The molecule has 1 amide bonds. The highest BCUT2D eigenvalue weighted by atomic mass is 16.5. The second-order valence-corrected chi connectivity index (χ2v) is 4.61. The van der Waals surface area contributed by atoms with E-state index in [0.717, 1.165) is 5.56 Å². The average molecular weight is 265 g/mol. The van der Waals surface area contributed by atoms with Crippen molar-refractivity contribution in [2.45, 2.75) is 32.7 Å². The molecule has 0 aliphatic rings. The third-order valence-electron chi connectivity index (χ3n) is 2.65. The molecule has 0 bridgehead atoms. The summed E-state index contributed by atoms with van der Waals surface area (Å²) in [5.41, 5.74) is 1.02. The van der Waals surface area contributed by atoms with E-state index in [2.05, 4.69) is 5.32 Å². The number of nitrogens with one attached hydrogen (secondary N) is 1. The molecule has 0 saturated carbocycles. The molecule has 5 nitrogen and oxygen atoms in total. The van der Waals surface area contributed by atoms with Gasteiger partial charge in [-0.25, -0.2) is 0 Å². The number of para-hydroxylation sites is 1. The molecular formula is C14H19NO4. The Labute approximate surface area is 112 Å². The first-order valence-corrected chi connectivity index (χ1v) is 6.15. The van der Waals surface area contributed by atoms with Crippen LogP contribution in [0, 0.1) is 0 Å². The van der Waals surface area contributed by atoms with E-state index in [0.29, 0.717) is 5.75 Å². The molecule has 0 heterocycles. The van der Waals surface area contributed by atoms with Gasteiger partial charge in [-0.1, -0.05) is 32.0 Å². The van der Waals surface area contributed by atoms with Crippen LogP contribution in [0.25, 0.3) is 0 Å². The van der Waals surface area contributed by atoms with Crippen LogP contribution in [0.3, 0.4) is 0 Å². The van der Waals surface area contributed by atoms with Crippen LogP contribution < -0.4 is 10.1 Å². The SMILES string of the molecule is CC(NC(=O)COc1ccccc1C(C)C)C(=O)O. The van der Waals surface area contributed by atoms with E-state index in [9.17, 15) is 9.59 Å². The molecule has 0 aliphatic carbocycles. The molecule has 0 aromatic heterocycles. The van der Waals surface area contributed by atoms with Crippen LogP contribution in [-0.2, 0) is 9.59 Å². The largest absolute Gasteiger partial charge is 0.483 e. The fourth-order valence-electron chi connectivity index (χ4n) is 1.58. The second-order valence-electron chi connectivity index (χ2n) is 4.61. The molecule has 1 aromatic rings. The maximum atomic E-state index is 11.5. The molecule has 0 fully saturated rings. The van der Waals surface area contributed by atoms with Crippen molar-refractivity contribution in [2.75, 3.05) is 6.61 Å². The van der Waals surface area contributed by atoms with E-state index < -0.39 is 17.9 Å². The van der Waals surface area contributed by atoms with Gasteiger partial charge in [-0.2, -0.15) is 0 Å². The summed E-state index contributed by atoms with van der Waals surface area (Å²) in [5, 5.41) is 11.0. The predicted octanol–water partition coefficient (Wildman–Crippen LogP) is 1.78. The summed E-state index contributed by atoms with van der Waals surface area (Å²) in [6, 6.07) is 6.56. The van der Waals surface area contributed by atoms with Crippen LogP contribution in [0.5, 0.6) is 5.75 Å². The normalized spacial score (nSPS) is 12.0. The van der Waals surface area contributed by atoms with Crippen LogP contribution in [0.1, 0.15) is 32.3 Å². The smallest absolute Gasteiger partial charge is 0.325 e. The van der Waals surface area contributed by atoms with Gasteiger partial charge in [0.1, 0.15) is 11.8 Å². The lowest BCUT2D eigenvalue weighted by Gasteiger charge is -2.14. The lowest BCUT2D eigenvalue weighted by Crippen LogP contribution is -2.40. The zero-order valence-corrected chi connectivity index (χ0v) is 11.3. The van der Waals surface area contributed by atoms with E-state index in [1.165, 1.54) is 6.92 Å². The van der Waals surface area contributed by atoms with Crippen molar-refractivity contribution in [1.82, 2.24) is 5.32 Å². The molecule has 2 N–H and O–H groups in total. The highest BCUT2D eigenvalue weighted by Crippen LogP contribution is 2.25. The number of aliphatic carboxylic acids is 1. The number of carboxylic acids is 1. The van der Waals surface area contributed by atoms with Crippen LogP contribution in [0.2, 0.25) is 0 Å². The van der Waals surface area contributed by atoms with Crippen molar-refractivity contribution in [3.05, 3.63) is 29.8 Å². The fourth-order valence-corrected chi connectivity index (χ4v) is 1.58. The van der Waals surface area contributed by atoms with E-state index in [1.807, 2.05) is 32.0 Å². The predicted molar refractivity (Wildman–Crippen MR) is 71.3 cm³/mol. The van der Waals surface area contributed by atoms with Crippen molar-refractivity contribution in [3.63, 3.8) is 0 Å². The first kappa shape index (κ1) is 15.0. The second kappa shape index (κ2) is 6.78. The molecule has 1 rings (SSSR count). The highest BCUT2D eigenvalue weighted by molar-refractivity contribution is 5.84. The maximum absolute atomic E-state index is 11.5. The Bertz CT molecular complexity index is 457. The standard InChI is InChI=1S/C14H19NO4/c1-9(2)11-6-4-5-7-12(11)19-8-13(16)15-10(3)14(17)18/h4-7,9-10H,8H2,1-3H3,(H,15,16)(H,17,18). The van der Waals surface area contributed by atoms with Gasteiger partial charge in [0.15, 0.2) is 6.61 Å². The molecular weight excluding hydrogens is 246 g/mol. The van der Waals surface area contributed by atoms with Gasteiger partial charge in [0, 0.05) is 0 Å². The van der Waals surface area contributed by atoms with Gasteiger partial charge in [-0.3, -0.25) is 9.59 Å². The number of carboxylic acid groups (broad SMARTS) is 1. The summed E-state index contributed by atoms with van der Waals surface area (Å²) in [6.45, 7) is 5.28. The molecule has 0 aliphatic heterocycles. The first-order valence-electron chi connectivity index (χ1n) is 6.15. The number of ether oxygens (including phenoxy) is 1. The van der Waals surface area contributed by atoms with Gasteiger partial charge in [0.25, 0.3) is 5.91 Å². The Morgan fingerprint density at radius 3 is 2.47 bits per heavy atom. The van der Waals surface area contributed by atoms with Crippen LogP contribution in [0.4, 0.5) is 0 Å². The summed E-state index contributed by atoms with van der Waals surface area (Å²) in [7, 11) is 0. The average Bonchev–Trinajstić information content (AvgIpc) is 2.36. The Morgan fingerprint density at radius 1 is 1.26 bits per heavy atom. The lowest BCUT2D eigenvalue weighted by atomic mass is 10.0. The summed E-state index contributed by atoms with van der Waals surface area (Å²) in [4.78, 5) is 22.1. The number of amides is 1. The molecule has 0 saturated heterocycles. The number of hydrogen-bond acceptors (Lipinski definition) is 3. The summed E-state index contributed by atoms with van der Waals surface area (Å²) in [6.07, 6.45) is 0. The monoisotopic (exact) mass is 265 g/mol. The third kappa shape index (κ3) is 4.62. The quantitative estimate of drug-likeness (QED) is 0.822. The minimum absolute atomic E-state index is 0.193. The van der Waals surface area contributed by atoms with Crippen LogP contribution in [-0.4, -0.2) is 29.6 Å². The van der Waals surface area contributed by atoms with Gasteiger partial charge in [0.05, 0.1) is 0 Å². The number of carbonyl (C=O) groups is 2. The van der Waals surface area contributed by atoms with Gasteiger partial charge in [0.2, 0.25) is 0 Å². The van der Waals surface area contributed by atoms with Crippen LogP contribution in [0.15, 0.2) is 24.3 Å². The molecule has 5 heteroatoms. The van der Waals surface area contributed by atoms with Gasteiger partial charge in [-0.05, 0) is 24.5 Å². The molecule has 1 atom stereocenters. The lowest BCUT2D eigenvalue weighted by molar-refractivity contribution is -0.141. The Kier molecular flexibility index (Phi) is 5.36. The zero-order valence-electron chi connectivity index (χ0n) is 11.3. The van der Waals surface area contributed by atoms with E-state index in [-0.39, 0.29) is 12.5 Å². The van der Waals surface area contributed by atoms with Crippen molar-refractivity contribution < 1.29 is 19.4 Å². The van der Waals surface area contributed by atoms with Gasteiger partial charge >= 0.3 is 5.97 Å². The molecule has 1 unspecified atom stereocenters. The van der Waals surface area contributed by atoms with Gasteiger partial charge in [-0.15, -0.1) is 0 Å². The Morgan fingerprint density at radius 2 is 1.89 bits per heavy atom. The van der Waals surface area contributed by atoms with Crippen molar-refractivity contribution in [1.29, 1.82) is 0 Å². The number of carbonyl (C=O) groups excluding carboxylic acids is 1. The third-order valence-corrected chi connectivity index (χ3v) is 2.65. The number of hydrogen-bond donors (Lipinski definition) is 2. The van der Waals surface area contributed by atoms with E-state index in [1.54, 1.807) is 6.07 Å². The zero-order chi connectivity index (χ0) is 14.4.